The van der Waals surface area contributed by atoms with E-state index in [1.807, 2.05) is 25.8 Å². The van der Waals surface area contributed by atoms with Gasteiger partial charge in [0.15, 0.2) is 0 Å². The van der Waals surface area contributed by atoms with Gasteiger partial charge < -0.3 is 15.4 Å². The summed E-state index contributed by atoms with van der Waals surface area (Å²) in [4.78, 5) is 25.1. The van der Waals surface area contributed by atoms with Crippen LogP contribution in [-0.2, 0) is 9.53 Å². The molecule has 0 aromatic rings. The molecular weight excluding hydrogens is 248 g/mol. The normalized spacial score (nSPS) is 20.3. The Labute approximate surface area is 114 Å². The van der Waals surface area contributed by atoms with Gasteiger partial charge in [-0.15, -0.1) is 0 Å². The molecule has 1 atom stereocenters. The highest BCUT2D eigenvalue weighted by atomic mass is 16.5. The summed E-state index contributed by atoms with van der Waals surface area (Å²) in [7, 11) is 1.87. The fourth-order valence-electron chi connectivity index (χ4n) is 1.94. The van der Waals surface area contributed by atoms with Crippen molar-refractivity contribution in [3.63, 3.8) is 0 Å². The minimum absolute atomic E-state index is 0.0104. The summed E-state index contributed by atoms with van der Waals surface area (Å²) < 4.78 is 5.55. The van der Waals surface area contributed by atoms with Crippen LogP contribution in [0.25, 0.3) is 0 Å². The molecule has 0 aliphatic carbocycles. The van der Waals surface area contributed by atoms with Crippen molar-refractivity contribution in [3.05, 3.63) is 0 Å². The van der Waals surface area contributed by atoms with E-state index in [9.17, 15) is 9.59 Å². The molecule has 0 spiro atoms. The van der Waals surface area contributed by atoms with Gasteiger partial charge in [0.1, 0.15) is 0 Å². The maximum absolute atomic E-state index is 11.7. The molecule has 1 saturated heterocycles. The van der Waals surface area contributed by atoms with E-state index in [2.05, 4.69) is 16.0 Å². The first-order valence-corrected chi connectivity index (χ1v) is 6.60. The number of nitrogens with zero attached hydrogens (tertiary/aromatic N) is 1. The van der Waals surface area contributed by atoms with Crippen LogP contribution >= 0.6 is 0 Å². The summed E-state index contributed by atoms with van der Waals surface area (Å²) in [5.74, 6) is -0.289. The Hall–Kier alpha value is -1.18. The van der Waals surface area contributed by atoms with E-state index in [1.165, 1.54) is 0 Å². The van der Waals surface area contributed by atoms with Crippen LogP contribution in [0.5, 0.6) is 0 Å². The van der Waals surface area contributed by atoms with Gasteiger partial charge in [-0.3, -0.25) is 15.0 Å². The number of hydrogen-bond donors (Lipinski definition) is 3. The molecule has 1 rings (SSSR count). The number of rotatable bonds is 5. The van der Waals surface area contributed by atoms with Gasteiger partial charge in [0, 0.05) is 25.7 Å². The van der Waals surface area contributed by atoms with Crippen molar-refractivity contribution < 1.29 is 14.3 Å². The van der Waals surface area contributed by atoms with Crippen LogP contribution in [0.3, 0.4) is 0 Å². The molecule has 3 N–H and O–H groups in total. The zero-order valence-corrected chi connectivity index (χ0v) is 11.9. The first-order valence-electron chi connectivity index (χ1n) is 6.60. The van der Waals surface area contributed by atoms with E-state index in [1.54, 1.807) is 0 Å². The van der Waals surface area contributed by atoms with Crippen LogP contribution in [0.2, 0.25) is 0 Å². The van der Waals surface area contributed by atoms with Gasteiger partial charge in [-0.1, -0.05) is 0 Å². The Bertz CT molecular complexity index is 307. The van der Waals surface area contributed by atoms with Crippen LogP contribution in [-0.4, -0.2) is 68.8 Å². The fraction of sp³-hybridized carbons (Fsp3) is 0.833. The van der Waals surface area contributed by atoms with E-state index in [-0.39, 0.29) is 24.6 Å². The molecule has 0 bridgehead atoms. The zero-order chi connectivity index (χ0) is 14.3. The summed E-state index contributed by atoms with van der Waals surface area (Å²) in [5, 5.41) is 7.98. The third-order valence-electron chi connectivity index (χ3n) is 2.69. The van der Waals surface area contributed by atoms with Crippen LogP contribution in [0.4, 0.5) is 4.79 Å². The Kier molecular flexibility index (Phi) is 6.75. The van der Waals surface area contributed by atoms with Crippen molar-refractivity contribution in [2.75, 3.05) is 39.8 Å². The highest BCUT2D eigenvalue weighted by Crippen LogP contribution is 2.03. The number of nitrogens with one attached hydrogen (secondary N) is 3. The minimum atomic E-state index is -0.444. The predicted molar refractivity (Wildman–Crippen MR) is 71.9 cm³/mol. The molecule has 1 unspecified atom stereocenters. The number of amides is 3. The molecule has 0 aromatic carbocycles. The summed E-state index contributed by atoms with van der Waals surface area (Å²) in [6, 6.07) is -0.434. The Morgan fingerprint density at radius 3 is 2.79 bits per heavy atom. The van der Waals surface area contributed by atoms with Crippen molar-refractivity contribution >= 4 is 11.9 Å². The fourth-order valence-corrected chi connectivity index (χ4v) is 1.94. The maximum Gasteiger partial charge on any atom is 0.321 e. The van der Waals surface area contributed by atoms with Crippen LogP contribution < -0.4 is 16.0 Å². The molecule has 1 aliphatic rings. The van der Waals surface area contributed by atoms with Gasteiger partial charge in [0.2, 0.25) is 5.91 Å². The predicted octanol–water partition coefficient (Wildman–Crippen LogP) is -0.859. The van der Waals surface area contributed by atoms with Gasteiger partial charge in [-0.05, 0) is 20.9 Å². The third-order valence-corrected chi connectivity index (χ3v) is 2.69. The van der Waals surface area contributed by atoms with Crippen molar-refractivity contribution in [2.24, 2.45) is 0 Å². The lowest BCUT2D eigenvalue weighted by atomic mass is 10.2. The Balaban J connectivity index is 2.29. The van der Waals surface area contributed by atoms with E-state index in [0.29, 0.717) is 19.7 Å². The maximum atomic E-state index is 11.7. The van der Waals surface area contributed by atoms with Gasteiger partial charge in [0.25, 0.3) is 0 Å². The third kappa shape index (κ3) is 6.51. The number of likely N-dealkylation sites (N-methyl/N-ethyl adjacent to an activating group) is 1. The second kappa shape index (κ2) is 8.08. The monoisotopic (exact) mass is 272 g/mol. The Morgan fingerprint density at radius 2 is 2.16 bits per heavy atom. The summed E-state index contributed by atoms with van der Waals surface area (Å²) in [6.45, 7) is 6.67. The lowest BCUT2D eigenvalue weighted by molar-refractivity contribution is -0.123. The number of imide groups is 1. The molecule has 7 nitrogen and oxygen atoms in total. The number of hydrogen-bond acceptors (Lipinski definition) is 5. The molecule has 0 aromatic heterocycles. The second-order valence-corrected chi connectivity index (χ2v) is 4.96. The van der Waals surface area contributed by atoms with Crippen LogP contribution in [0.15, 0.2) is 0 Å². The van der Waals surface area contributed by atoms with Crippen molar-refractivity contribution in [1.82, 2.24) is 20.9 Å². The molecule has 110 valence electrons. The number of ether oxygens (including phenoxy) is 1. The standard InChI is InChI=1S/C12H24N4O3/c1-9(2)14-12(18)15-11(17)8-16-4-5-19-10(7-16)6-13-3/h9-10,13H,4-8H2,1-3H3,(H2,14,15,17,18). The summed E-state index contributed by atoms with van der Waals surface area (Å²) in [5.41, 5.74) is 0. The molecule has 1 aliphatic heterocycles. The SMILES string of the molecule is CNCC1CN(CC(=O)NC(=O)NC(C)C)CCO1. The lowest BCUT2D eigenvalue weighted by Gasteiger charge is -2.32. The highest BCUT2D eigenvalue weighted by Gasteiger charge is 2.22. The van der Waals surface area contributed by atoms with Crippen LogP contribution in [0, 0.1) is 0 Å². The molecule has 1 heterocycles. The Morgan fingerprint density at radius 1 is 1.42 bits per heavy atom. The molecule has 7 heteroatoms. The summed E-state index contributed by atoms with van der Waals surface area (Å²) in [6.07, 6.45) is 0.0936. The van der Waals surface area contributed by atoms with Crippen molar-refractivity contribution in [3.8, 4) is 0 Å². The number of urea groups is 1. The first-order chi connectivity index (χ1) is 9.01. The number of carbonyl (C=O) groups is 2. The van der Waals surface area contributed by atoms with Gasteiger partial charge in [-0.25, -0.2) is 4.79 Å². The van der Waals surface area contributed by atoms with E-state index >= 15 is 0 Å². The molecule has 0 radical (unpaired) electrons. The van der Waals surface area contributed by atoms with Gasteiger partial charge in [-0.2, -0.15) is 0 Å². The first kappa shape index (κ1) is 15.9. The van der Waals surface area contributed by atoms with E-state index < -0.39 is 6.03 Å². The molecule has 3 amide bonds. The van der Waals surface area contributed by atoms with Crippen molar-refractivity contribution in [2.45, 2.75) is 26.0 Å². The average Bonchev–Trinajstić information content (AvgIpc) is 2.28. The van der Waals surface area contributed by atoms with E-state index in [0.717, 1.165) is 6.54 Å². The number of morpholine rings is 1. The summed E-state index contributed by atoms with van der Waals surface area (Å²) >= 11 is 0. The molecular formula is C12H24N4O3. The zero-order valence-electron chi connectivity index (χ0n) is 11.9. The minimum Gasteiger partial charge on any atom is -0.374 e. The quantitative estimate of drug-likeness (QED) is 0.607. The van der Waals surface area contributed by atoms with E-state index in [4.69, 9.17) is 4.74 Å². The molecule has 1 fully saturated rings. The van der Waals surface area contributed by atoms with Crippen LogP contribution in [0.1, 0.15) is 13.8 Å². The molecule has 19 heavy (non-hydrogen) atoms. The number of carbonyl (C=O) groups excluding carboxylic acids is 2. The smallest absolute Gasteiger partial charge is 0.321 e. The van der Waals surface area contributed by atoms with Crippen molar-refractivity contribution in [1.29, 1.82) is 0 Å². The second-order valence-electron chi connectivity index (χ2n) is 4.96. The highest BCUT2D eigenvalue weighted by molar-refractivity contribution is 5.95. The van der Waals surface area contributed by atoms with Gasteiger partial charge in [0.05, 0.1) is 19.3 Å². The van der Waals surface area contributed by atoms with Gasteiger partial charge >= 0.3 is 6.03 Å². The average molecular weight is 272 g/mol. The lowest BCUT2D eigenvalue weighted by Crippen LogP contribution is -2.51. The molecule has 0 saturated carbocycles. The topological polar surface area (TPSA) is 82.7 Å². The largest absolute Gasteiger partial charge is 0.374 e.